The van der Waals surface area contributed by atoms with Crippen LogP contribution in [0.2, 0.25) is 0 Å². The van der Waals surface area contributed by atoms with Crippen LogP contribution in [0.1, 0.15) is 47.4 Å². The summed E-state index contributed by atoms with van der Waals surface area (Å²) in [4.78, 5) is 36.1. The second-order valence-electron chi connectivity index (χ2n) is 7.63. The van der Waals surface area contributed by atoms with E-state index in [9.17, 15) is 14.4 Å². The summed E-state index contributed by atoms with van der Waals surface area (Å²) in [5, 5.41) is 2.61. The highest BCUT2D eigenvalue weighted by atomic mass is 16.5. The fraction of sp³-hybridized carbons (Fsp3) is 0.375. The summed E-state index contributed by atoms with van der Waals surface area (Å²) in [5.41, 5.74) is 1.17. The topological polar surface area (TPSA) is 100 Å². The second-order valence-corrected chi connectivity index (χ2v) is 7.63. The molecule has 8 nitrogen and oxygen atoms in total. The first-order valence-corrected chi connectivity index (χ1v) is 10.5. The SMILES string of the molecule is CC(C)OC(=O)c1ccc(NC(=O)COC(=O)c2ccc(OCC3CCCO3)cc2)cc1. The van der Waals surface area contributed by atoms with Gasteiger partial charge in [-0.15, -0.1) is 0 Å². The van der Waals surface area contributed by atoms with Gasteiger partial charge in [-0.2, -0.15) is 0 Å². The van der Waals surface area contributed by atoms with E-state index in [0.29, 0.717) is 29.2 Å². The number of rotatable bonds is 9. The third-order valence-electron chi connectivity index (χ3n) is 4.63. The Bertz CT molecular complexity index is 916. The van der Waals surface area contributed by atoms with Crippen molar-refractivity contribution in [3.63, 3.8) is 0 Å². The van der Waals surface area contributed by atoms with Crippen molar-refractivity contribution >= 4 is 23.5 Å². The molecule has 170 valence electrons. The quantitative estimate of drug-likeness (QED) is 0.594. The minimum Gasteiger partial charge on any atom is -0.491 e. The summed E-state index contributed by atoms with van der Waals surface area (Å²) in [6.07, 6.45) is 1.93. The zero-order chi connectivity index (χ0) is 22.9. The van der Waals surface area contributed by atoms with E-state index in [-0.39, 0.29) is 12.2 Å². The lowest BCUT2D eigenvalue weighted by molar-refractivity contribution is -0.119. The Labute approximate surface area is 186 Å². The number of hydrogen-bond donors (Lipinski definition) is 1. The first kappa shape index (κ1) is 23.3. The average Bonchev–Trinajstić information content (AvgIpc) is 3.30. The Morgan fingerprint density at radius 2 is 1.66 bits per heavy atom. The van der Waals surface area contributed by atoms with Crippen LogP contribution in [0, 0.1) is 0 Å². The third-order valence-corrected chi connectivity index (χ3v) is 4.63. The Morgan fingerprint density at radius 1 is 1.00 bits per heavy atom. The van der Waals surface area contributed by atoms with Crippen molar-refractivity contribution in [1.82, 2.24) is 0 Å². The number of benzene rings is 2. The van der Waals surface area contributed by atoms with Gasteiger partial charge in [0.05, 0.1) is 23.3 Å². The Balaban J connectivity index is 1.42. The molecule has 1 fully saturated rings. The van der Waals surface area contributed by atoms with Crippen LogP contribution >= 0.6 is 0 Å². The standard InChI is InChI=1S/C24H27NO7/c1-16(2)32-24(28)18-5-9-19(10-6-18)25-22(26)15-31-23(27)17-7-11-20(12-8-17)30-14-21-4-3-13-29-21/h5-12,16,21H,3-4,13-15H2,1-2H3,(H,25,26). The lowest BCUT2D eigenvalue weighted by Crippen LogP contribution is -2.21. The van der Waals surface area contributed by atoms with Crippen LogP contribution < -0.4 is 10.1 Å². The summed E-state index contributed by atoms with van der Waals surface area (Å²) in [5.74, 6) is -0.907. The molecular formula is C24H27NO7. The number of esters is 2. The molecule has 1 atom stereocenters. The second kappa shape index (κ2) is 11.3. The molecule has 2 aromatic carbocycles. The number of carbonyl (C=O) groups is 3. The summed E-state index contributed by atoms with van der Waals surface area (Å²) in [7, 11) is 0. The normalized spacial score (nSPS) is 15.3. The maximum Gasteiger partial charge on any atom is 0.338 e. The van der Waals surface area contributed by atoms with Crippen molar-refractivity contribution in [3.05, 3.63) is 59.7 Å². The van der Waals surface area contributed by atoms with Crippen LogP contribution in [0.25, 0.3) is 0 Å². The zero-order valence-electron chi connectivity index (χ0n) is 18.2. The van der Waals surface area contributed by atoms with E-state index >= 15 is 0 Å². The van der Waals surface area contributed by atoms with Gasteiger partial charge in [0.25, 0.3) is 5.91 Å². The summed E-state index contributed by atoms with van der Waals surface area (Å²) < 4.78 is 21.3. The van der Waals surface area contributed by atoms with Gasteiger partial charge in [0, 0.05) is 12.3 Å². The zero-order valence-corrected chi connectivity index (χ0v) is 18.2. The minimum atomic E-state index is -0.613. The smallest absolute Gasteiger partial charge is 0.338 e. The molecule has 0 bridgehead atoms. The van der Waals surface area contributed by atoms with Crippen molar-refractivity contribution in [2.45, 2.75) is 38.9 Å². The first-order chi connectivity index (χ1) is 15.4. The highest BCUT2D eigenvalue weighted by Crippen LogP contribution is 2.17. The highest BCUT2D eigenvalue weighted by molar-refractivity contribution is 5.96. The number of carbonyl (C=O) groups excluding carboxylic acids is 3. The fourth-order valence-electron chi connectivity index (χ4n) is 3.04. The highest BCUT2D eigenvalue weighted by Gasteiger charge is 2.16. The van der Waals surface area contributed by atoms with Gasteiger partial charge in [0.1, 0.15) is 12.4 Å². The molecule has 8 heteroatoms. The molecule has 0 radical (unpaired) electrons. The van der Waals surface area contributed by atoms with Crippen molar-refractivity contribution in [3.8, 4) is 5.75 Å². The van der Waals surface area contributed by atoms with Crippen LogP contribution in [-0.2, 0) is 19.0 Å². The molecule has 1 heterocycles. The predicted molar refractivity (Wildman–Crippen MR) is 117 cm³/mol. The maximum absolute atomic E-state index is 12.2. The van der Waals surface area contributed by atoms with Gasteiger partial charge < -0.3 is 24.3 Å². The van der Waals surface area contributed by atoms with Crippen LogP contribution in [0.5, 0.6) is 5.75 Å². The molecule has 1 unspecified atom stereocenters. The molecule has 0 aliphatic carbocycles. The summed E-state index contributed by atoms with van der Waals surface area (Å²) in [6.45, 7) is 4.34. The Hall–Kier alpha value is -3.39. The Kier molecular flexibility index (Phi) is 8.21. The molecule has 1 aliphatic heterocycles. The molecule has 0 aromatic heterocycles. The predicted octanol–water partition coefficient (Wildman–Crippen LogP) is 3.61. The van der Waals surface area contributed by atoms with E-state index < -0.39 is 24.5 Å². The molecule has 2 aromatic rings. The van der Waals surface area contributed by atoms with Crippen LogP contribution in [-0.4, -0.2) is 49.9 Å². The number of amides is 1. The summed E-state index contributed by atoms with van der Waals surface area (Å²) >= 11 is 0. The van der Waals surface area contributed by atoms with Crippen molar-refractivity contribution < 1.29 is 33.3 Å². The van der Waals surface area contributed by atoms with Gasteiger partial charge >= 0.3 is 11.9 Å². The van der Waals surface area contributed by atoms with E-state index in [1.165, 1.54) is 0 Å². The van der Waals surface area contributed by atoms with E-state index in [4.69, 9.17) is 18.9 Å². The number of ether oxygens (including phenoxy) is 4. The lowest BCUT2D eigenvalue weighted by Gasteiger charge is -2.11. The maximum atomic E-state index is 12.2. The van der Waals surface area contributed by atoms with Crippen LogP contribution in [0.4, 0.5) is 5.69 Å². The third kappa shape index (κ3) is 7.09. The molecule has 1 N–H and O–H groups in total. The van der Waals surface area contributed by atoms with Crippen molar-refractivity contribution in [2.24, 2.45) is 0 Å². The largest absolute Gasteiger partial charge is 0.491 e. The van der Waals surface area contributed by atoms with Crippen molar-refractivity contribution in [1.29, 1.82) is 0 Å². The molecule has 1 aliphatic rings. The first-order valence-electron chi connectivity index (χ1n) is 10.5. The monoisotopic (exact) mass is 441 g/mol. The minimum absolute atomic E-state index is 0.114. The lowest BCUT2D eigenvalue weighted by atomic mass is 10.2. The van der Waals surface area contributed by atoms with Crippen LogP contribution in [0.15, 0.2) is 48.5 Å². The summed E-state index contributed by atoms with van der Waals surface area (Å²) in [6, 6.07) is 12.8. The Morgan fingerprint density at radius 3 is 2.28 bits per heavy atom. The van der Waals surface area contributed by atoms with Gasteiger partial charge in [0.15, 0.2) is 6.61 Å². The van der Waals surface area contributed by atoms with E-state index in [1.807, 2.05) is 0 Å². The molecule has 0 saturated carbocycles. The molecule has 32 heavy (non-hydrogen) atoms. The molecular weight excluding hydrogens is 414 g/mol. The molecule has 0 spiro atoms. The number of anilines is 1. The number of hydrogen-bond acceptors (Lipinski definition) is 7. The van der Waals surface area contributed by atoms with Gasteiger partial charge in [-0.1, -0.05) is 0 Å². The van der Waals surface area contributed by atoms with Gasteiger partial charge in [-0.25, -0.2) is 9.59 Å². The van der Waals surface area contributed by atoms with E-state index in [1.54, 1.807) is 62.4 Å². The van der Waals surface area contributed by atoms with E-state index in [2.05, 4.69) is 5.32 Å². The molecule has 1 amide bonds. The fourth-order valence-corrected chi connectivity index (χ4v) is 3.04. The van der Waals surface area contributed by atoms with Gasteiger partial charge in [-0.05, 0) is 75.2 Å². The molecule has 1 saturated heterocycles. The van der Waals surface area contributed by atoms with E-state index in [0.717, 1.165) is 19.4 Å². The average molecular weight is 441 g/mol. The number of nitrogens with one attached hydrogen (secondary N) is 1. The van der Waals surface area contributed by atoms with Crippen molar-refractivity contribution in [2.75, 3.05) is 25.1 Å². The van der Waals surface area contributed by atoms with Crippen LogP contribution in [0.3, 0.4) is 0 Å². The van der Waals surface area contributed by atoms with Gasteiger partial charge in [-0.3, -0.25) is 4.79 Å². The molecule has 3 rings (SSSR count). The van der Waals surface area contributed by atoms with Gasteiger partial charge in [0.2, 0.25) is 0 Å².